The highest BCUT2D eigenvalue weighted by molar-refractivity contribution is 5.93. The van der Waals surface area contributed by atoms with Crippen molar-refractivity contribution in [3.63, 3.8) is 0 Å². The maximum atomic E-state index is 11.9. The van der Waals surface area contributed by atoms with E-state index in [1.165, 1.54) is 0 Å². The van der Waals surface area contributed by atoms with Crippen LogP contribution >= 0.6 is 0 Å². The topological polar surface area (TPSA) is 81.7 Å². The van der Waals surface area contributed by atoms with Crippen molar-refractivity contribution in [3.8, 4) is 0 Å². The Morgan fingerprint density at radius 3 is 2.35 bits per heavy atom. The van der Waals surface area contributed by atoms with Crippen LogP contribution in [0.1, 0.15) is 44.5 Å². The molecule has 1 aromatic heterocycles. The number of guanidine groups is 1. The van der Waals surface area contributed by atoms with Gasteiger partial charge in [-0.25, -0.2) is 0 Å². The Morgan fingerprint density at radius 1 is 1.12 bits per heavy atom. The lowest BCUT2D eigenvalue weighted by atomic mass is 10.2. The number of rotatable bonds is 10. The number of amides is 1. The van der Waals surface area contributed by atoms with Crippen molar-refractivity contribution in [3.05, 3.63) is 30.1 Å². The number of hydrogen-bond donors (Lipinski definition) is 3. The number of aromatic nitrogens is 1. The van der Waals surface area contributed by atoms with Crippen molar-refractivity contribution in [2.75, 3.05) is 33.2 Å². The first-order chi connectivity index (χ1) is 12.5. The molecule has 0 unspecified atom stereocenters. The van der Waals surface area contributed by atoms with Gasteiger partial charge in [0.1, 0.15) is 0 Å². The van der Waals surface area contributed by atoms with Gasteiger partial charge in [0.2, 0.25) is 0 Å². The van der Waals surface area contributed by atoms with E-state index in [9.17, 15) is 4.79 Å². The molecule has 0 bridgehead atoms. The van der Waals surface area contributed by atoms with Gasteiger partial charge in [0, 0.05) is 57.7 Å². The van der Waals surface area contributed by atoms with Crippen molar-refractivity contribution >= 4 is 11.9 Å². The lowest BCUT2D eigenvalue weighted by Gasteiger charge is -2.30. The van der Waals surface area contributed by atoms with Gasteiger partial charge in [-0.15, -0.1) is 0 Å². The third kappa shape index (κ3) is 8.29. The summed E-state index contributed by atoms with van der Waals surface area (Å²) in [5, 5.41) is 9.37. The summed E-state index contributed by atoms with van der Waals surface area (Å²) >= 11 is 0. The molecule has 1 aromatic rings. The number of pyridine rings is 1. The van der Waals surface area contributed by atoms with Gasteiger partial charge < -0.3 is 16.0 Å². The van der Waals surface area contributed by atoms with E-state index in [1.54, 1.807) is 31.6 Å². The molecule has 0 spiro atoms. The quantitative estimate of drug-likeness (QED) is 0.334. The predicted molar refractivity (Wildman–Crippen MR) is 108 cm³/mol. The molecular weight excluding hydrogens is 328 g/mol. The van der Waals surface area contributed by atoms with E-state index < -0.39 is 0 Å². The van der Waals surface area contributed by atoms with Crippen LogP contribution in [-0.4, -0.2) is 67.1 Å². The molecular formula is C19H34N6O. The molecule has 1 amide bonds. The number of aliphatic imine (C=N–C) groups is 1. The van der Waals surface area contributed by atoms with Gasteiger partial charge in [-0.2, -0.15) is 0 Å². The summed E-state index contributed by atoms with van der Waals surface area (Å²) in [4.78, 5) is 22.5. The number of carbonyl (C=O) groups excluding carboxylic acids is 1. The second kappa shape index (κ2) is 12.2. The highest BCUT2D eigenvalue weighted by Gasteiger charge is 2.12. The molecule has 0 radical (unpaired) electrons. The number of nitrogens with one attached hydrogen (secondary N) is 3. The third-order valence-electron chi connectivity index (χ3n) is 4.06. The zero-order valence-electron chi connectivity index (χ0n) is 16.7. The predicted octanol–water partition coefficient (Wildman–Crippen LogP) is 1.49. The summed E-state index contributed by atoms with van der Waals surface area (Å²) in [6, 6.07) is 4.60. The maximum absolute atomic E-state index is 11.9. The smallest absolute Gasteiger partial charge is 0.252 e. The maximum Gasteiger partial charge on any atom is 0.252 e. The highest BCUT2D eigenvalue weighted by Crippen LogP contribution is 2.05. The molecule has 0 aliphatic rings. The minimum Gasteiger partial charge on any atom is -0.356 e. The van der Waals surface area contributed by atoms with Crippen LogP contribution in [0, 0.1) is 0 Å². The van der Waals surface area contributed by atoms with Crippen LogP contribution in [0.15, 0.2) is 29.5 Å². The van der Waals surface area contributed by atoms with E-state index in [0.717, 1.165) is 25.5 Å². The molecule has 26 heavy (non-hydrogen) atoms. The number of hydrogen-bond acceptors (Lipinski definition) is 4. The summed E-state index contributed by atoms with van der Waals surface area (Å²) < 4.78 is 0. The Bertz CT molecular complexity index is 536. The van der Waals surface area contributed by atoms with Gasteiger partial charge >= 0.3 is 0 Å². The molecule has 0 aromatic carbocycles. The van der Waals surface area contributed by atoms with Crippen molar-refractivity contribution in [2.24, 2.45) is 4.99 Å². The molecule has 1 heterocycles. The highest BCUT2D eigenvalue weighted by atomic mass is 16.1. The first kappa shape index (κ1) is 21.9. The second-order valence-electron chi connectivity index (χ2n) is 6.70. The van der Waals surface area contributed by atoms with Crippen LogP contribution in [0.3, 0.4) is 0 Å². The monoisotopic (exact) mass is 362 g/mol. The van der Waals surface area contributed by atoms with Crippen molar-refractivity contribution < 1.29 is 4.79 Å². The molecule has 3 N–H and O–H groups in total. The molecule has 146 valence electrons. The zero-order chi connectivity index (χ0) is 19.4. The number of carbonyl (C=O) groups is 1. The van der Waals surface area contributed by atoms with Crippen LogP contribution in [0.2, 0.25) is 0 Å². The van der Waals surface area contributed by atoms with Crippen LogP contribution in [0.5, 0.6) is 0 Å². The first-order valence-corrected chi connectivity index (χ1v) is 9.34. The summed E-state index contributed by atoms with van der Waals surface area (Å²) in [6.45, 7) is 12.0. The Hall–Kier alpha value is -2.15. The molecule has 0 atom stereocenters. The fourth-order valence-electron chi connectivity index (χ4n) is 2.76. The molecule has 1 rings (SSSR count). The van der Waals surface area contributed by atoms with Gasteiger partial charge in [0.25, 0.3) is 5.91 Å². The molecule has 7 heteroatoms. The van der Waals surface area contributed by atoms with Gasteiger partial charge in [0.15, 0.2) is 5.96 Å². The van der Waals surface area contributed by atoms with E-state index in [0.29, 0.717) is 30.7 Å². The van der Waals surface area contributed by atoms with Crippen LogP contribution in [-0.2, 0) is 0 Å². The SMILES string of the molecule is CN=C(NCCCN(C(C)C)C(C)C)NCCNC(=O)c1cccnc1. The Balaban J connectivity index is 2.20. The summed E-state index contributed by atoms with van der Waals surface area (Å²) in [6.07, 6.45) is 4.26. The molecule has 0 aliphatic carbocycles. The Morgan fingerprint density at radius 2 is 1.77 bits per heavy atom. The van der Waals surface area contributed by atoms with E-state index in [2.05, 4.69) is 58.5 Å². The molecule has 0 saturated heterocycles. The van der Waals surface area contributed by atoms with E-state index in [4.69, 9.17) is 0 Å². The van der Waals surface area contributed by atoms with E-state index in [-0.39, 0.29) is 5.91 Å². The van der Waals surface area contributed by atoms with Gasteiger partial charge in [0.05, 0.1) is 5.56 Å². The fourth-order valence-corrected chi connectivity index (χ4v) is 2.76. The van der Waals surface area contributed by atoms with Gasteiger partial charge in [-0.1, -0.05) is 0 Å². The minimum atomic E-state index is -0.120. The number of nitrogens with zero attached hydrogens (tertiary/aromatic N) is 3. The first-order valence-electron chi connectivity index (χ1n) is 9.34. The normalized spacial score (nSPS) is 11.9. The van der Waals surface area contributed by atoms with Crippen molar-refractivity contribution in [1.82, 2.24) is 25.8 Å². The van der Waals surface area contributed by atoms with E-state index >= 15 is 0 Å². The lowest BCUT2D eigenvalue weighted by molar-refractivity contribution is 0.0954. The Kier molecular flexibility index (Phi) is 10.3. The average molecular weight is 363 g/mol. The second-order valence-corrected chi connectivity index (χ2v) is 6.70. The Labute approximate surface area is 157 Å². The van der Waals surface area contributed by atoms with Crippen LogP contribution in [0.25, 0.3) is 0 Å². The average Bonchev–Trinajstić information content (AvgIpc) is 2.63. The zero-order valence-corrected chi connectivity index (χ0v) is 16.7. The molecule has 0 saturated carbocycles. The van der Waals surface area contributed by atoms with Crippen molar-refractivity contribution in [1.29, 1.82) is 0 Å². The molecule has 0 aliphatic heterocycles. The van der Waals surface area contributed by atoms with Crippen LogP contribution in [0.4, 0.5) is 0 Å². The minimum absolute atomic E-state index is 0.120. The van der Waals surface area contributed by atoms with Gasteiger partial charge in [-0.05, 0) is 46.2 Å². The molecule has 0 fully saturated rings. The lowest BCUT2D eigenvalue weighted by Crippen LogP contribution is -2.43. The van der Waals surface area contributed by atoms with Crippen molar-refractivity contribution in [2.45, 2.75) is 46.2 Å². The standard InChI is InChI=1S/C19H34N6O/c1-15(2)25(16(3)4)13-7-10-23-19(20-5)24-12-11-22-18(26)17-8-6-9-21-14-17/h6,8-9,14-16H,7,10-13H2,1-5H3,(H,22,26)(H2,20,23,24). The third-order valence-corrected chi connectivity index (χ3v) is 4.06. The van der Waals surface area contributed by atoms with E-state index in [1.807, 2.05) is 0 Å². The summed E-state index contributed by atoms with van der Waals surface area (Å²) in [5.41, 5.74) is 0.565. The largest absolute Gasteiger partial charge is 0.356 e. The van der Waals surface area contributed by atoms with Crippen LogP contribution < -0.4 is 16.0 Å². The summed E-state index contributed by atoms with van der Waals surface area (Å²) in [7, 11) is 1.75. The fraction of sp³-hybridized carbons (Fsp3) is 0.632. The van der Waals surface area contributed by atoms with Gasteiger partial charge in [-0.3, -0.25) is 19.7 Å². The molecule has 7 nitrogen and oxygen atoms in total. The summed E-state index contributed by atoms with van der Waals surface area (Å²) in [5.74, 6) is 0.631.